The quantitative estimate of drug-likeness (QED) is 0.576. The SMILES string of the molecule is CC(C(=O)N1CCCC1)N1CCN(c2ccc3ncc([N+](=O)[O-])n3n2)CC1. The first kappa shape index (κ1) is 17.7. The van der Waals surface area contributed by atoms with Gasteiger partial charge in [0.05, 0.1) is 6.04 Å². The molecule has 1 unspecified atom stereocenters. The maximum absolute atomic E-state index is 12.6. The van der Waals surface area contributed by atoms with Crippen LogP contribution in [0.5, 0.6) is 0 Å². The first-order valence-electron chi connectivity index (χ1n) is 9.31. The standard InChI is InChI=1S/C17H23N7O3/c1-13(17(25)22-6-2-3-7-22)20-8-10-21(11-9-20)15-5-4-14-18-12-16(24(26)27)23(14)19-15/h4-5,12-13H,2-3,6-11H2,1H3. The number of carbonyl (C=O) groups excluding carboxylic acids is 1. The Morgan fingerprint density at radius 2 is 1.85 bits per heavy atom. The Kier molecular flexibility index (Phi) is 4.65. The number of carbonyl (C=O) groups is 1. The molecule has 0 radical (unpaired) electrons. The minimum Gasteiger partial charge on any atom is -0.358 e. The Labute approximate surface area is 156 Å². The van der Waals surface area contributed by atoms with Gasteiger partial charge in [0.2, 0.25) is 11.6 Å². The summed E-state index contributed by atoms with van der Waals surface area (Å²) in [5.74, 6) is 0.756. The molecule has 0 spiro atoms. The molecule has 4 rings (SSSR count). The van der Waals surface area contributed by atoms with Gasteiger partial charge in [-0.05, 0) is 30.8 Å². The van der Waals surface area contributed by atoms with Gasteiger partial charge < -0.3 is 19.9 Å². The predicted octanol–water partition coefficient (Wildman–Crippen LogP) is 0.770. The van der Waals surface area contributed by atoms with Crippen LogP contribution in [0.15, 0.2) is 18.3 Å². The molecule has 0 saturated carbocycles. The number of imidazole rings is 1. The fourth-order valence-corrected chi connectivity index (χ4v) is 3.84. The van der Waals surface area contributed by atoms with Gasteiger partial charge in [-0.2, -0.15) is 0 Å². The number of amides is 1. The highest BCUT2D eigenvalue weighted by Gasteiger charge is 2.30. The average Bonchev–Trinajstić information content (AvgIpc) is 3.36. The molecular formula is C17H23N7O3. The fraction of sp³-hybridized carbons (Fsp3) is 0.588. The number of aromatic nitrogens is 3. The molecule has 2 aromatic heterocycles. The monoisotopic (exact) mass is 373 g/mol. The molecule has 2 aliphatic rings. The lowest BCUT2D eigenvalue weighted by atomic mass is 10.2. The van der Waals surface area contributed by atoms with Crippen molar-refractivity contribution in [2.24, 2.45) is 0 Å². The van der Waals surface area contributed by atoms with Crippen LogP contribution in [0.3, 0.4) is 0 Å². The highest BCUT2D eigenvalue weighted by Crippen LogP contribution is 2.20. The van der Waals surface area contributed by atoms with E-state index in [0.29, 0.717) is 11.5 Å². The Morgan fingerprint density at radius 1 is 1.15 bits per heavy atom. The molecule has 144 valence electrons. The van der Waals surface area contributed by atoms with Gasteiger partial charge in [-0.3, -0.25) is 9.69 Å². The van der Waals surface area contributed by atoms with Crippen molar-refractivity contribution in [3.05, 3.63) is 28.4 Å². The molecule has 2 aromatic rings. The molecule has 0 aliphatic carbocycles. The topological polar surface area (TPSA) is 100 Å². The van der Waals surface area contributed by atoms with E-state index in [2.05, 4.69) is 19.9 Å². The summed E-state index contributed by atoms with van der Waals surface area (Å²) in [4.78, 5) is 33.5. The van der Waals surface area contributed by atoms with E-state index in [1.807, 2.05) is 17.9 Å². The van der Waals surface area contributed by atoms with Crippen LogP contribution in [-0.4, -0.2) is 80.5 Å². The fourth-order valence-electron chi connectivity index (χ4n) is 3.84. The van der Waals surface area contributed by atoms with Crippen LogP contribution >= 0.6 is 0 Å². The van der Waals surface area contributed by atoms with Gasteiger partial charge in [0.15, 0.2) is 5.82 Å². The first-order chi connectivity index (χ1) is 13.0. The molecule has 2 aliphatic heterocycles. The van der Waals surface area contributed by atoms with Crippen LogP contribution in [0.25, 0.3) is 5.65 Å². The van der Waals surface area contributed by atoms with Gasteiger partial charge >= 0.3 is 5.82 Å². The molecule has 10 heteroatoms. The predicted molar refractivity (Wildman–Crippen MR) is 98.7 cm³/mol. The van der Waals surface area contributed by atoms with Crippen LogP contribution in [0.1, 0.15) is 19.8 Å². The number of nitro groups is 1. The lowest BCUT2D eigenvalue weighted by molar-refractivity contribution is -0.391. The summed E-state index contributed by atoms with van der Waals surface area (Å²) in [7, 11) is 0. The molecule has 1 amide bonds. The highest BCUT2D eigenvalue weighted by molar-refractivity contribution is 5.81. The minimum atomic E-state index is -0.486. The van der Waals surface area contributed by atoms with Crippen molar-refractivity contribution in [1.82, 2.24) is 24.4 Å². The summed E-state index contributed by atoms with van der Waals surface area (Å²) in [5, 5.41) is 15.5. The third-order valence-electron chi connectivity index (χ3n) is 5.48. The van der Waals surface area contributed by atoms with Crippen molar-refractivity contribution < 1.29 is 9.72 Å². The van der Waals surface area contributed by atoms with Crippen molar-refractivity contribution in [2.45, 2.75) is 25.8 Å². The van der Waals surface area contributed by atoms with Crippen molar-refractivity contribution in [3.63, 3.8) is 0 Å². The van der Waals surface area contributed by atoms with E-state index < -0.39 is 4.92 Å². The number of anilines is 1. The number of likely N-dealkylation sites (tertiary alicyclic amines) is 1. The second-order valence-electron chi connectivity index (χ2n) is 7.07. The second kappa shape index (κ2) is 7.10. The van der Waals surface area contributed by atoms with Crippen molar-refractivity contribution in [3.8, 4) is 0 Å². The normalized spacial score (nSPS) is 19.6. The largest absolute Gasteiger partial charge is 0.368 e. The smallest absolute Gasteiger partial charge is 0.358 e. The zero-order valence-corrected chi connectivity index (χ0v) is 15.3. The molecule has 2 fully saturated rings. The molecule has 4 heterocycles. The Balaban J connectivity index is 1.43. The molecule has 0 bridgehead atoms. The molecule has 1 atom stereocenters. The number of nitrogens with zero attached hydrogens (tertiary/aromatic N) is 7. The number of fused-ring (bicyclic) bond motifs is 1. The van der Waals surface area contributed by atoms with E-state index >= 15 is 0 Å². The average molecular weight is 373 g/mol. The van der Waals surface area contributed by atoms with Gasteiger partial charge in [-0.25, -0.2) is 4.98 Å². The third kappa shape index (κ3) is 3.32. The lowest BCUT2D eigenvalue weighted by Gasteiger charge is -2.38. The number of rotatable bonds is 4. The van der Waals surface area contributed by atoms with Crippen LogP contribution < -0.4 is 4.90 Å². The van der Waals surface area contributed by atoms with Crippen molar-refractivity contribution >= 4 is 23.2 Å². The highest BCUT2D eigenvalue weighted by atomic mass is 16.6. The molecular weight excluding hydrogens is 350 g/mol. The summed E-state index contributed by atoms with van der Waals surface area (Å²) in [5.41, 5.74) is 0.453. The summed E-state index contributed by atoms with van der Waals surface area (Å²) in [6.45, 7) is 6.68. The first-order valence-corrected chi connectivity index (χ1v) is 9.31. The Bertz CT molecular complexity index is 853. The van der Waals surface area contributed by atoms with Gasteiger partial charge in [0.25, 0.3) is 0 Å². The van der Waals surface area contributed by atoms with Crippen LogP contribution in [0, 0.1) is 10.1 Å². The van der Waals surface area contributed by atoms with E-state index in [1.54, 1.807) is 6.07 Å². The van der Waals surface area contributed by atoms with Crippen molar-refractivity contribution in [1.29, 1.82) is 0 Å². The van der Waals surface area contributed by atoms with E-state index in [4.69, 9.17) is 0 Å². The minimum absolute atomic E-state index is 0.115. The molecule has 27 heavy (non-hydrogen) atoms. The number of hydrogen-bond donors (Lipinski definition) is 0. The molecule has 0 aromatic carbocycles. The Morgan fingerprint density at radius 3 is 2.52 bits per heavy atom. The number of piperazine rings is 1. The van der Waals surface area contributed by atoms with Crippen LogP contribution in [0.2, 0.25) is 0 Å². The van der Waals surface area contributed by atoms with E-state index in [9.17, 15) is 14.9 Å². The summed E-state index contributed by atoms with van der Waals surface area (Å²) in [6, 6.07) is 3.46. The molecule has 0 N–H and O–H groups in total. The van der Waals surface area contributed by atoms with Gasteiger partial charge in [0, 0.05) is 45.3 Å². The Hall–Kier alpha value is -2.75. The lowest BCUT2D eigenvalue weighted by Crippen LogP contribution is -2.54. The molecule has 10 nitrogen and oxygen atoms in total. The van der Waals surface area contributed by atoms with Gasteiger partial charge in [-0.15, -0.1) is 0 Å². The maximum Gasteiger partial charge on any atom is 0.368 e. The van der Waals surface area contributed by atoms with E-state index in [-0.39, 0.29) is 17.8 Å². The molecule has 2 saturated heterocycles. The van der Waals surface area contributed by atoms with Crippen LogP contribution in [-0.2, 0) is 4.79 Å². The summed E-state index contributed by atoms with van der Waals surface area (Å²) < 4.78 is 1.27. The third-order valence-corrected chi connectivity index (χ3v) is 5.48. The zero-order chi connectivity index (χ0) is 19.0. The van der Waals surface area contributed by atoms with Crippen LogP contribution in [0.4, 0.5) is 11.6 Å². The van der Waals surface area contributed by atoms with E-state index in [0.717, 1.165) is 52.1 Å². The number of hydrogen-bond acceptors (Lipinski definition) is 7. The van der Waals surface area contributed by atoms with Gasteiger partial charge in [-0.1, -0.05) is 9.61 Å². The summed E-state index contributed by atoms with van der Waals surface area (Å²) in [6.07, 6.45) is 3.41. The van der Waals surface area contributed by atoms with Gasteiger partial charge in [0.1, 0.15) is 6.20 Å². The zero-order valence-electron chi connectivity index (χ0n) is 15.3. The second-order valence-corrected chi connectivity index (χ2v) is 7.07. The summed E-state index contributed by atoms with van der Waals surface area (Å²) >= 11 is 0. The maximum atomic E-state index is 12.6. The van der Waals surface area contributed by atoms with E-state index in [1.165, 1.54) is 10.7 Å². The van der Waals surface area contributed by atoms with Crippen molar-refractivity contribution in [2.75, 3.05) is 44.2 Å².